The minimum absolute atomic E-state index is 0.160. The summed E-state index contributed by atoms with van der Waals surface area (Å²) in [5.41, 5.74) is 4.07. The molecule has 0 unspecified atom stereocenters. The van der Waals surface area contributed by atoms with E-state index in [4.69, 9.17) is 12.2 Å². The van der Waals surface area contributed by atoms with Crippen LogP contribution in [-0.2, 0) is 12.0 Å². The Kier molecular flexibility index (Phi) is 4.91. The summed E-state index contributed by atoms with van der Waals surface area (Å²) in [5.74, 6) is 0.797. The molecule has 0 spiro atoms. The zero-order valence-corrected chi connectivity index (χ0v) is 16.6. The maximum Gasteiger partial charge on any atom is 0.216 e. The first-order chi connectivity index (χ1) is 12.3. The molecule has 2 heterocycles. The quantitative estimate of drug-likeness (QED) is 0.559. The summed E-state index contributed by atoms with van der Waals surface area (Å²) in [6.07, 6.45) is 1.82. The monoisotopic (exact) mass is 368 g/mol. The maximum absolute atomic E-state index is 5.33. The highest BCUT2D eigenvalue weighted by Crippen LogP contribution is 2.20. The van der Waals surface area contributed by atoms with E-state index in [-0.39, 0.29) is 5.41 Å². The highest BCUT2D eigenvalue weighted by atomic mass is 32.1. The van der Waals surface area contributed by atoms with E-state index in [9.17, 15) is 0 Å². The average molecular weight is 369 g/mol. The fourth-order valence-corrected chi connectivity index (χ4v) is 2.99. The molecule has 0 saturated heterocycles. The van der Waals surface area contributed by atoms with Gasteiger partial charge in [-0.15, -0.1) is 0 Å². The third kappa shape index (κ3) is 3.67. The summed E-state index contributed by atoms with van der Waals surface area (Å²) in [5, 5.41) is 16.4. The van der Waals surface area contributed by atoms with Crippen molar-refractivity contribution in [3.8, 4) is 0 Å². The third-order valence-electron chi connectivity index (χ3n) is 4.24. The van der Waals surface area contributed by atoms with Crippen LogP contribution in [0.5, 0.6) is 0 Å². The fraction of sp³-hybridized carbons (Fsp3) is 0.368. The molecule has 0 aliphatic carbocycles. The highest BCUT2D eigenvalue weighted by Gasteiger charge is 2.21. The summed E-state index contributed by atoms with van der Waals surface area (Å²) < 4.78 is 4.17. The van der Waals surface area contributed by atoms with Gasteiger partial charge in [0.25, 0.3) is 0 Å². The molecule has 0 fully saturated rings. The lowest BCUT2D eigenvalue weighted by atomic mass is 9.96. The second-order valence-corrected chi connectivity index (χ2v) is 7.77. The molecule has 0 aliphatic rings. The minimum atomic E-state index is -0.160. The minimum Gasteiger partial charge on any atom is -0.265 e. The van der Waals surface area contributed by atoms with Crippen molar-refractivity contribution in [3.05, 3.63) is 63.4 Å². The van der Waals surface area contributed by atoms with Crippen LogP contribution in [0, 0.1) is 18.6 Å². The van der Waals surface area contributed by atoms with Crippen LogP contribution in [0.3, 0.4) is 0 Å². The smallest absolute Gasteiger partial charge is 0.216 e. The van der Waals surface area contributed by atoms with E-state index in [0.29, 0.717) is 4.77 Å². The van der Waals surface area contributed by atoms with Gasteiger partial charge in [0.2, 0.25) is 4.77 Å². The van der Waals surface area contributed by atoms with Crippen molar-refractivity contribution < 1.29 is 0 Å². The van der Waals surface area contributed by atoms with E-state index < -0.39 is 0 Å². The van der Waals surface area contributed by atoms with Gasteiger partial charge in [-0.05, 0) is 31.6 Å². The third-order valence-corrected chi connectivity index (χ3v) is 4.50. The molecule has 136 valence electrons. The number of H-pyrrole nitrogens is 1. The van der Waals surface area contributed by atoms with Gasteiger partial charge < -0.3 is 0 Å². The molecule has 0 radical (unpaired) electrons. The van der Waals surface area contributed by atoms with Gasteiger partial charge in [0.15, 0.2) is 5.82 Å². The molecule has 7 heteroatoms. The lowest BCUT2D eigenvalue weighted by Gasteiger charge is -2.15. The largest absolute Gasteiger partial charge is 0.265 e. The molecular formula is C19H24N6S. The van der Waals surface area contributed by atoms with E-state index >= 15 is 0 Å². The second kappa shape index (κ2) is 6.99. The lowest BCUT2D eigenvalue weighted by molar-refractivity contribution is 0.516. The number of benzene rings is 1. The zero-order chi connectivity index (χ0) is 18.9. The summed E-state index contributed by atoms with van der Waals surface area (Å²) in [7, 11) is 0. The van der Waals surface area contributed by atoms with Crippen molar-refractivity contribution >= 4 is 18.4 Å². The van der Waals surface area contributed by atoms with E-state index in [1.807, 2.05) is 36.0 Å². The van der Waals surface area contributed by atoms with Crippen LogP contribution < -0.4 is 0 Å². The Bertz CT molecular complexity index is 985. The van der Waals surface area contributed by atoms with Gasteiger partial charge in [-0.3, -0.25) is 9.78 Å². The Morgan fingerprint density at radius 1 is 1.19 bits per heavy atom. The first kappa shape index (κ1) is 18.3. The topological polar surface area (TPSA) is 63.8 Å². The number of nitrogens with one attached hydrogen (secondary N) is 1. The molecule has 0 atom stereocenters. The summed E-state index contributed by atoms with van der Waals surface area (Å²) in [6, 6.07) is 10.3. The predicted octanol–water partition coefficient (Wildman–Crippen LogP) is 3.98. The maximum atomic E-state index is 5.33. The molecule has 26 heavy (non-hydrogen) atoms. The SMILES string of the molecule is Cc1nn(Cc2ccccc2)c(C)c1/C=N/n1c(C(C)(C)C)n[nH]c1=S. The Morgan fingerprint density at radius 2 is 1.88 bits per heavy atom. The van der Waals surface area contributed by atoms with E-state index in [0.717, 1.165) is 29.3 Å². The van der Waals surface area contributed by atoms with Crippen molar-refractivity contribution in [2.75, 3.05) is 0 Å². The molecule has 1 aromatic carbocycles. The molecule has 0 bridgehead atoms. The summed E-state index contributed by atoms with van der Waals surface area (Å²) in [6.45, 7) is 11.0. The van der Waals surface area contributed by atoms with Crippen molar-refractivity contribution in [2.24, 2.45) is 5.10 Å². The Balaban J connectivity index is 1.93. The molecule has 6 nitrogen and oxygen atoms in total. The number of rotatable bonds is 4. The highest BCUT2D eigenvalue weighted by molar-refractivity contribution is 7.71. The van der Waals surface area contributed by atoms with Gasteiger partial charge in [-0.1, -0.05) is 51.1 Å². The molecule has 0 amide bonds. The summed E-state index contributed by atoms with van der Waals surface area (Å²) in [4.78, 5) is 0. The van der Waals surface area contributed by atoms with Gasteiger partial charge in [0.1, 0.15) is 0 Å². The van der Waals surface area contributed by atoms with Gasteiger partial charge in [-0.2, -0.15) is 20.0 Å². The van der Waals surface area contributed by atoms with Crippen molar-refractivity contribution in [1.82, 2.24) is 24.7 Å². The van der Waals surface area contributed by atoms with Gasteiger partial charge in [0, 0.05) is 16.7 Å². The van der Waals surface area contributed by atoms with Gasteiger partial charge >= 0.3 is 0 Å². The van der Waals surface area contributed by atoms with E-state index in [1.165, 1.54) is 5.56 Å². The molecule has 0 aliphatic heterocycles. The summed E-state index contributed by atoms with van der Waals surface area (Å²) >= 11 is 5.33. The van der Waals surface area contributed by atoms with Crippen LogP contribution in [0.25, 0.3) is 0 Å². The number of aromatic nitrogens is 5. The second-order valence-electron chi connectivity index (χ2n) is 7.39. The molecule has 3 rings (SSSR count). The van der Waals surface area contributed by atoms with Crippen molar-refractivity contribution in [3.63, 3.8) is 0 Å². The Morgan fingerprint density at radius 3 is 2.54 bits per heavy atom. The fourth-order valence-electron chi connectivity index (χ4n) is 2.81. The first-order valence-electron chi connectivity index (χ1n) is 8.57. The first-order valence-corrected chi connectivity index (χ1v) is 8.98. The average Bonchev–Trinajstić information content (AvgIpc) is 3.07. The van der Waals surface area contributed by atoms with Crippen LogP contribution in [-0.4, -0.2) is 30.9 Å². The van der Waals surface area contributed by atoms with Crippen LogP contribution >= 0.6 is 12.2 Å². The molecule has 1 N–H and O–H groups in total. The standard InChI is InChI=1S/C19H24N6S/c1-13-16(11-20-25-17(19(3,4)5)21-22-18(25)26)14(2)24(23-13)12-15-9-7-6-8-10-15/h6-11H,12H2,1-5H3,(H,22,26)/b20-11+. The number of hydrogen-bond acceptors (Lipinski definition) is 4. The van der Waals surface area contributed by atoms with Gasteiger partial charge in [-0.25, -0.2) is 0 Å². The van der Waals surface area contributed by atoms with Crippen molar-refractivity contribution in [1.29, 1.82) is 0 Å². The molecule has 3 aromatic rings. The number of nitrogens with zero attached hydrogens (tertiary/aromatic N) is 5. The van der Waals surface area contributed by atoms with Crippen LogP contribution in [0.15, 0.2) is 35.4 Å². The number of aryl methyl sites for hydroxylation is 1. The van der Waals surface area contributed by atoms with E-state index in [2.05, 4.69) is 60.2 Å². The normalized spacial score (nSPS) is 12.2. The van der Waals surface area contributed by atoms with Crippen LogP contribution in [0.1, 0.15) is 49.1 Å². The zero-order valence-electron chi connectivity index (χ0n) is 15.8. The van der Waals surface area contributed by atoms with Crippen LogP contribution in [0.4, 0.5) is 0 Å². The van der Waals surface area contributed by atoms with Crippen LogP contribution in [0.2, 0.25) is 0 Å². The van der Waals surface area contributed by atoms with E-state index in [1.54, 1.807) is 4.68 Å². The Hall–Kier alpha value is -2.54. The molecule has 2 aromatic heterocycles. The van der Waals surface area contributed by atoms with Crippen molar-refractivity contribution in [2.45, 2.75) is 46.6 Å². The molecular weight excluding hydrogens is 344 g/mol. The lowest BCUT2D eigenvalue weighted by Crippen LogP contribution is -2.17. The van der Waals surface area contributed by atoms with Gasteiger partial charge in [0.05, 0.1) is 18.5 Å². The predicted molar refractivity (Wildman–Crippen MR) is 106 cm³/mol. The molecule has 0 saturated carbocycles. The number of hydrogen-bond donors (Lipinski definition) is 1. The Labute approximate surface area is 158 Å². The number of aromatic amines is 1.